The Labute approximate surface area is 134 Å². The first kappa shape index (κ1) is 15.6. The normalized spacial score (nSPS) is 12.4. The number of rotatable bonds is 5. The monoisotopic (exact) mass is 351 g/mol. The molecule has 106 valence electrons. The first-order valence-corrected chi connectivity index (χ1v) is 8.01. The van der Waals surface area contributed by atoms with Gasteiger partial charge in [-0.1, -0.05) is 52.7 Å². The fourth-order valence-corrected chi connectivity index (χ4v) is 2.89. The van der Waals surface area contributed by atoms with E-state index in [1.807, 2.05) is 12.1 Å². The van der Waals surface area contributed by atoms with Crippen LogP contribution in [0, 0.1) is 6.92 Å². The van der Waals surface area contributed by atoms with Gasteiger partial charge < -0.3 is 5.32 Å². The van der Waals surface area contributed by atoms with E-state index in [0.717, 1.165) is 22.5 Å². The highest BCUT2D eigenvalue weighted by molar-refractivity contribution is 9.10. The van der Waals surface area contributed by atoms with Gasteiger partial charge in [0, 0.05) is 15.5 Å². The lowest BCUT2D eigenvalue weighted by Crippen LogP contribution is -2.23. The molecule has 0 saturated heterocycles. The van der Waals surface area contributed by atoms with Crippen LogP contribution in [0.1, 0.15) is 29.7 Å². The molecule has 0 aliphatic rings. The first-order chi connectivity index (χ1) is 9.60. The zero-order valence-corrected chi connectivity index (χ0v) is 14.1. The minimum atomic E-state index is 0.318. The fourth-order valence-electron chi connectivity index (χ4n) is 2.38. The molecule has 2 aromatic rings. The maximum atomic E-state index is 5.95. The number of likely N-dealkylation sites (N-methyl/N-ethyl adjacent to an activating group) is 1. The second kappa shape index (κ2) is 7.26. The van der Waals surface area contributed by atoms with Gasteiger partial charge in [0.2, 0.25) is 0 Å². The van der Waals surface area contributed by atoms with Crippen LogP contribution in [0.25, 0.3) is 0 Å². The molecule has 2 aromatic carbocycles. The van der Waals surface area contributed by atoms with Crippen LogP contribution in [0.5, 0.6) is 0 Å². The largest absolute Gasteiger partial charge is 0.310 e. The summed E-state index contributed by atoms with van der Waals surface area (Å²) in [5, 5.41) is 4.36. The Morgan fingerprint density at radius 1 is 1.15 bits per heavy atom. The van der Waals surface area contributed by atoms with Gasteiger partial charge in [-0.2, -0.15) is 0 Å². The van der Waals surface area contributed by atoms with Gasteiger partial charge >= 0.3 is 0 Å². The second-order valence-corrected chi connectivity index (χ2v) is 6.29. The number of halogens is 2. The molecule has 0 heterocycles. The predicted octanol–water partition coefficient (Wildman–Crippen LogP) is 5.30. The lowest BCUT2D eigenvalue weighted by Gasteiger charge is -2.21. The van der Waals surface area contributed by atoms with Gasteiger partial charge in [-0.3, -0.25) is 0 Å². The molecular formula is C17H19BrClN. The second-order valence-electron chi connectivity index (χ2n) is 4.94. The van der Waals surface area contributed by atoms with E-state index in [1.54, 1.807) is 0 Å². The molecular weight excluding hydrogens is 334 g/mol. The number of hydrogen-bond acceptors (Lipinski definition) is 1. The molecule has 0 bridgehead atoms. The molecule has 0 fully saturated rings. The van der Waals surface area contributed by atoms with E-state index >= 15 is 0 Å². The molecule has 0 aliphatic heterocycles. The smallest absolute Gasteiger partial charge is 0.0406 e. The van der Waals surface area contributed by atoms with Gasteiger partial charge in [-0.05, 0) is 60.8 Å². The maximum Gasteiger partial charge on any atom is 0.0406 e. The molecule has 1 N–H and O–H groups in total. The Bertz CT molecular complexity index is 566. The van der Waals surface area contributed by atoms with Gasteiger partial charge in [0.05, 0.1) is 0 Å². The molecule has 0 spiro atoms. The van der Waals surface area contributed by atoms with Gasteiger partial charge in [-0.15, -0.1) is 0 Å². The minimum absolute atomic E-state index is 0.318. The van der Waals surface area contributed by atoms with Crippen LogP contribution in [0.15, 0.2) is 46.9 Å². The Morgan fingerprint density at radius 2 is 1.85 bits per heavy atom. The van der Waals surface area contributed by atoms with E-state index < -0.39 is 0 Å². The van der Waals surface area contributed by atoms with Crippen LogP contribution < -0.4 is 5.32 Å². The SMILES string of the molecule is CCNC(Cc1ccc(Cl)cc1)c1cc(Br)ccc1C. The Hall–Kier alpha value is -0.830. The molecule has 0 aromatic heterocycles. The molecule has 20 heavy (non-hydrogen) atoms. The number of nitrogens with one attached hydrogen (secondary N) is 1. The van der Waals surface area contributed by atoms with Crippen molar-refractivity contribution >= 4 is 27.5 Å². The molecule has 0 saturated carbocycles. The van der Waals surface area contributed by atoms with Crippen molar-refractivity contribution in [2.75, 3.05) is 6.54 Å². The summed E-state index contributed by atoms with van der Waals surface area (Å²) >= 11 is 9.52. The Morgan fingerprint density at radius 3 is 2.50 bits per heavy atom. The van der Waals surface area contributed by atoms with Gasteiger partial charge in [0.1, 0.15) is 0 Å². The Balaban J connectivity index is 2.26. The maximum absolute atomic E-state index is 5.95. The molecule has 1 nitrogen and oxygen atoms in total. The van der Waals surface area contributed by atoms with Crippen molar-refractivity contribution in [2.45, 2.75) is 26.3 Å². The van der Waals surface area contributed by atoms with E-state index in [4.69, 9.17) is 11.6 Å². The highest BCUT2D eigenvalue weighted by Crippen LogP contribution is 2.25. The fraction of sp³-hybridized carbons (Fsp3) is 0.294. The number of hydrogen-bond donors (Lipinski definition) is 1. The lowest BCUT2D eigenvalue weighted by molar-refractivity contribution is 0.547. The van der Waals surface area contributed by atoms with Crippen LogP contribution in [-0.2, 0) is 6.42 Å². The summed E-state index contributed by atoms with van der Waals surface area (Å²) in [4.78, 5) is 0. The summed E-state index contributed by atoms with van der Waals surface area (Å²) in [5.74, 6) is 0. The van der Waals surface area contributed by atoms with Crippen molar-refractivity contribution in [3.63, 3.8) is 0 Å². The van der Waals surface area contributed by atoms with Gasteiger partial charge in [0.15, 0.2) is 0 Å². The van der Waals surface area contributed by atoms with Crippen LogP contribution in [0.4, 0.5) is 0 Å². The third kappa shape index (κ3) is 4.08. The average molecular weight is 353 g/mol. The van der Waals surface area contributed by atoms with Crippen molar-refractivity contribution < 1.29 is 0 Å². The van der Waals surface area contributed by atoms with E-state index in [0.29, 0.717) is 6.04 Å². The minimum Gasteiger partial charge on any atom is -0.310 e. The van der Waals surface area contributed by atoms with Crippen molar-refractivity contribution in [2.24, 2.45) is 0 Å². The molecule has 3 heteroatoms. The van der Waals surface area contributed by atoms with Gasteiger partial charge in [-0.25, -0.2) is 0 Å². The highest BCUT2D eigenvalue weighted by atomic mass is 79.9. The zero-order chi connectivity index (χ0) is 14.5. The standard InChI is InChI=1S/C17H19BrClN/c1-3-20-17(10-13-5-8-15(19)9-6-13)16-11-14(18)7-4-12(16)2/h4-9,11,17,20H,3,10H2,1-2H3. The number of benzene rings is 2. The van der Waals surface area contributed by atoms with Crippen LogP contribution in [0.3, 0.4) is 0 Å². The van der Waals surface area contributed by atoms with E-state index in [1.165, 1.54) is 16.7 Å². The molecule has 2 rings (SSSR count). The van der Waals surface area contributed by atoms with Crippen LogP contribution in [0.2, 0.25) is 5.02 Å². The third-order valence-electron chi connectivity index (χ3n) is 3.42. The summed E-state index contributed by atoms with van der Waals surface area (Å²) in [5.41, 5.74) is 3.95. The van der Waals surface area contributed by atoms with Gasteiger partial charge in [0.25, 0.3) is 0 Å². The summed E-state index contributed by atoms with van der Waals surface area (Å²) in [6.45, 7) is 5.25. The summed E-state index contributed by atoms with van der Waals surface area (Å²) in [6, 6.07) is 14.9. The molecule has 0 amide bonds. The molecule has 1 atom stereocenters. The molecule has 0 radical (unpaired) electrons. The molecule has 0 aliphatic carbocycles. The average Bonchev–Trinajstić information content (AvgIpc) is 2.43. The van der Waals surface area contributed by atoms with E-state index in [-0.39, 0.29) is 0 Å². The lowest BCUT2D eigenvalue weighted by atomic mass is 9.95. The van der Waals surface area contributed by atoms with Crippen molar-refractivity contribution in [1.29, 1.82) is 0 Å². The van der Waals surface area contributed by atoms with Crippen LogP contribution in [-0.4, -0.2) is 6.54 Å². The quantitative estimate of drug-likeness (QED) is 0.769. The summed E-state index contributed by atoms with van der Waals surface area (Å²) < 4.78 is 1.12. The predicted molar refractivity (Wildman–Crippen MR) is 90.5 cm³/mol. The zero-order valence-electron chi connectivity index (χ0n) is 11.8. The van der Waals surface area contributed by atoms with E-state index in [2.05, 4.69) is 65.4 Å². The van der Waals surface area contributed by atoms with Crippen molar-refractivity contribution in [3.8, 4) is 0 Å². The van der Waals surface area contributed by atoms with E-state index in [9.17, 15) is 0 Å². The summed E-state index contributed by atoms with van der Waals surface area (Å²) in [7, 11) is 0. The van der Waals surface area contributed by atoms with Crippen LogP contribution >= 0.6 is 27.5 Å². The highest BCUT2D eigenvalue weighted by Gasteiger charge is 2.14. The van der Waals surface area contributed by atoms with Crippen molar-refractivity contribution in [1.82, 2.24) is 5.32 Å². The topological polar surface area (TPSA) is 12.0 Å². The summed E-state index contributed by atoms with van der Waals surface area (Å²) in [6.07, 6.45) is 0.961. The number of aryl methyl sites for hydroxylation is 1. The van der Waals surface area contributed by atoms with Crippen molar-refractivity contribution in [3.05, 3.63) is 68.7 Å². The molecule has 1 unspecified atom stereocenters. The third-order valence-corrected chi connectivity index (χ3v) is 4.17. The first-order valence-electron chi connectivity index (χ1n) is 6.84. The Kier molecular flexibility index (Phi) is 5.64.